The zero-order chi connectivity index (χ0) is 14.5. The molecule has 0 saturated carbocycles. The largest absolute Gasteiger partial charge is 0.314 e. The van der Waals surface area contributed by atoms with E-state index >= 15 is 0 Å². The van der Waals surface area contributed by atoms with Crippen LogP contribution in [0.3, 0.4) is 0 Å². The van der Waals surface area contributed by atoms with Crippen molar-refractivity contribution in [1.82, 2.24) is 15.2 Å². The number of nitrogens with zero attached hydrogens (tertiary/aromatic N) is 2. The van der Waals surface area contributed by atoms with Crippen LogP contribution >= 0.6 is 0 Å². The molecule has 0 spiro atoms. The van der Waals surface area contributed by atoms with E-state index < -0.39 is 0 Å². The summed E-state index contributed by atoms with van der Waals surface area (Å²) in [4.78, 5) is 7.13. The van der Waals surface area contributed by atoms with Crippen molar-refractivity contribution in [2.45, 2.75) is 58.7 Å². The Bertz CT molecular complexity index is 392. The number of piperidine rings is 1. The summed E-state index contributed by atoms with van der Waals surface area (Å²) in [5, 5.41) is 3.71. The van der Waals surface area contributed by atoms with Gasteiger partial charge in [-0.25, -0.2) is 0 Å². The van der Waals surface area contributed by atoms with E-state index in [1.165, 1.54) is 18.5 Å². The lowest BCUT2D eigenvalue weighted by atomic mass is 9.85. The number of nitrogens with one attached hydrogen (secondary N) is 1. The van der Waals surface area contributed by atoms with Gasteiger partial charge in [-0.1, -0.05) is 19.9 Å². The highest BCUT2D eigenvalue weighted by atomic mass is 15.2. The monoisotopic (exact) mass is 275 g/mol. The molecular formula is C17H29N3. The minimum atomic E-state index is 0.403. The van der Waals surface area contributed by atoms with Crippen molar-refractivity contribution in [2.24, 2.45) is 5.92 Å². The van der Waals surface area contributed by atoms with Gasteiger partial charge in [-0.15, -0.1) is 0 Å². The minimum absolute atomic E-state index is 0.403. The molecule has 0 aliphatic carbocycles. The molecule has 0 aromatic carbocycles. The lowest BCUT2D eigenvalue weighted by Crippen LogP contribution is -2.54. The van der Waals surface area contributed by atoms with E-state index in [1.54, 1.807) is 0 Å². The summed E-state index contributed by atoms with van der Waals surface area (Å²) in [6, 6.07) is 7.88. The standard InChI is InChI=1S/C17H29N3/c1-5-10-18-16-9-12-20(14(3)13(16)2)15(4)17-8-6-7-11-19-17/h6-8,11,13-16,18H,5,9-10,12H2,1-4H3. The summed E-state index contributed by atoms with van der Waals surface area (Å²) in [7, 11) is 0. The first kappa shape index (κ1) is 15.5. The third kappa shape index (κ3) is 3.39. The van der Waals surface area contributed by atoms with Crippen molar-refractivity contribution >= 4 is 0 Å². The van der Waals surface area contributed by atoms with Crippen LogP contribution in [-0.4, -0.2) is 35.1 Å². The summed E-state index contributed by atoms with van der Waals surface area (Å²) in [6.45, 7) is 11.6. The molecule has 1 fully saturated rings. The van der Waals surface area contributed by atoms with Gasteiger partial charge in [0.05, 0.1) is 5.69 Å². The molecule has 1 aromatic rings. The minimum Gasteiger partial charge on any atom is -0.314 e. The van der Waals surface area contributed by atoms with Crippen LogP contribution in [0.5, 0.6) is 0 Å². The molecule has 2 heterocycles. The van der Waals surface area contributed by atoms with Crippen molar-refractivity contribution in [1.29, 1.82) is 0 Å². The highest BCUT2D eigenvalue weighted by Gasteiger charge is 2.34. The maximum Gasteiger partial charge on any atom is 0.0572 e. The van der Waals surface area contributed by atoms with Crippen molar-refractivity contribution in [3.05, 3.63) is 30.1 Å². The summed E-state index contributed by atoms with van der Waals surface area (Å²) in [5.74, 6) is 0.682. The van der Waals surface area contributed by atoms with Crippen LogP contribution in [0.15, 0.2) is 24.4 Å². The molecular weight excluding hydrogens is 246 g/mol. The molecule has 3 nitrogen and oxygen atoms in total. The molecule has 20 heavy (non-hydrogen) atoms. The highest BCUT2D eigenvalue weighted by molar-refractivity contribution is 5.09. The Kier molecular flexibility index (Phi) is 5.55. The third-order valence-corrected chi connectivity index (χ3v) is 4.89. The average Bonchev–Trinajstić information content (AvgIpc) is 2.49. The Morgan fingerprint density at radius 3 is 2.85 bits per heavy atom. The molecule has 1 N–H and O–H groups in total. The molecule has 0 bridgehead atoms. The molecule has 0 amide bonds. The van der Waals surface area contributed by atoms with E-state index in [0.717, 1.165) is 13.1 Å². The quantitative estimate of drug-likeness (QED) is 0.894. The predicted molar refractivity (Wildman–Crippen MR) is 84.7 cm³/mol. The van der Waals surface area contributed by atoms with Gasteiger partial charge in [0.2, 0.25) is 0 Å². The van der Waals surface area contributed by atoms with E-state index in [1.807, 2.05) is 12.3 Å². The van der Waals surface area contributed by atoms with E-state index in [0.29, 0.717) is 24.0 Å². The lowest BCUT2D eigenvalue weighted by molar-refractivity contribution is 0.0510. The molecule has 4 atom stereocenters. The molecule has 0 radical (unpaired) electrons. The Morgan fingerprint density at radius 2 is 2.20 bits per heavy atom. The first-order chi connectivity index (χ1) is 9.65. The van der Waals surface area contributed by atoms with E-state index in [9.17, 15) is 0 Å². The van der Waals surface area contributed by atoms with Gasteiger partial charge in [0.25, 0.3) is 0 Å². The van der Waals surface area contributed by atoms with Crippen molar-refractivity contribution in [3.8, 4) is 0 Å². The Balaban J connectivity index is 2.01. The second kappa shape index (κ2) is 7.19. The maximum absolute atomic E-state index is 4.52. The fraction of sp³-hybridized carbons (Fsp3) is 0.706. The second-order valence-corrected chi connectivity index (χ2v) is 6.12. The van der Waals surface area contributed by atoms with Gasteiger partial charge in [0.1, 0.15) is 0 Å². The summed E-state index contributed by atoms with van der Waals surface area (Å²) < 4.78 is 0. The topological polar surface area (TPSA) is 28.2 Å². The van der Waals surface area contributed by atoms with Gasteiger partial charge in [0.15, 0.2) is 0 Å². The van der Waals surface area contributed by atoms with Crippen LogP contribution in [0.25, 0.3) is 0 Å². The molecule has 112 valence electrons. The van der Waals surface area contributed by atoms with Gasteiger partial charge in [-0.3, -0.25) is 9.88 Å². The molecule has 1 aliphatic heterocycles. The van der Waals surface area contributed by atoms with E-state index in [2.05, 4.69) is 55.0 Å². The van der Waals surface area contributed by atoms with Crippen molar-refractivity contribution in [2.75, 3.05) is 13.1 Å². The molecule has 4 unspecified atom stereocenters. The second-order valence-electron chi connectivity index (χ2n) is 6.12. The average molecular weight is 275 g/mol. The van der Waals surface area contributed by atoms with Crippen molar-refractivity contribution < 1.29 is 0 Å². The van der Waals surface area contributed by atoms with Gasteiger partial charge < -0.3 is 5.32 Å². The molecule has 2 rings (SSSR count). The predicted octanol–water partition coefficient (Wildman–Crippen LogP) is 3.24. The molecule has 1 saturated heterocycles. The lowest BCUT2D eigenvalue weighted by Gasteiger charge is -2.45. The first-order valence-corrected chi connectivity index (χ1v) is 8.05. The number of likely N-dealkylation sites (tertiary alicyclic amines) is 1. The number of aromatic nitrogens is 1. The van der Waals surface area contributed by atoms with Crippen LogP contribution in [0.1, 0.15) is 52.3 Å². The fourth-order valence-corrected chi connectivity index (χ4v) is 3.35. The first-order valence-electron chi connectivity index (χ1n) is 8.05. The Hall–Kier alpha value is -0.930. The molecule has 3 heteroatoms. The number of pyridine rings is 1. The summed E-state index contributed by atoms with van der Waals surface area (Å²) >= 11 is 0. The van der Waals surface area contributed by atoms with E-state index in [-0.39, 0.29) is 0 Å². The molecule has 1 aromatic heterocycles. The van der Waals surface area contributed by atoms with Gasteiger partial charge in [0, 0.05) is 30.9 Å². The van der Waals surface area contributed by atoms with Crippen LogP contribution in [0, 0.1) is 5.92 Å². The normalized spacial score (nSPS) is 29.3. The summed E-state index contributed by atoms with van der Waals surface area (Å²) in [6.07, 6.45) is 4.35. The van der Waals surface area contributed by atoms with Gasteiger partial charge >= 0.3 is 0 Å². The van der Waals surface area contributed by atoms with Crippen LogP contribution in [0.2, 0.25) is 0 Å². The molecule has 1 aliphatic rings. The number of rotatable bonds is 5. The smallest absolute Gasteiger partial charge is 0.0572 e. The maximum atomic E-state index is 4.52. The SMILES string of the molecule is CCCNC1CCN(C(C)c2ccccn2)C(C)C1C. The highest BCUT2D eigenvalue weighted by Crippen LogP contribution is 2.30. The van der Waals surface area contributed by atoms with Crippen molar-refractivity contribution in [3.63, 3.8) is 0 Å². The number of hydrogen-bond acceptors (Lipinski definition) is 3. The van der Waals surface area contributed by atoms with Crippen LogP contribution < -0.4 is 5.32 Å². The Labute approximate surface area is 123 Å². The van der Waals surface area contributed by atoms with E-state index in [4.69, 9.17) is 0 Å². The van der Waals surface area contributed by atoms with Crippen LogP contribution in [-0.2, 0) is 0 Å². The zero-order valence-corrected chi connectivity index (χ0v) is 13.3. The van der Waals surface area contributed by atoms with Gasteiger partial charge in [-0.2, -0.15) is 0 Å². The fourth-order valence-electron chi connectivity index (χ4n) is 3.35. The summed E-state index contributed by atoms with van der Waals surface area (Å²) in [5.41, 5.74) is 1.19. The third-order valence-electron chi connectivity index (χ3n) is 4.89. The Morgan fingerprint density at radius 1 is 1.40 bits per heavy atom. The van der Waals surface area contributed by atoms with Gasteiger partial charge in [-0.05, 0) is 51.3 Å². The zero-order valence-electron chi connectivity index (χ0n) is 13.3. The van der Waals surface area contributed by atoms with Crippen LogP contribution in [0.4, 0.5) is 0 Å². The number of hydrogen-bond donors (Lipinski definition) is 1.